The van der Waals surface area contributed by atoms with Crippen LogP contribution in [0.4, 0.5) is 0 Å². The van der Waals surface area contributed by atoms with Gasteiger partial charge in [-0.05, 0) is 19.3 Å². The van der Waals surface area contributed by atoms with Crippen molar-refractivity contribution in [2.75, 3.05) is 18.8 Å². The van der Waals surface area contributed by atoms with Crippen molar-refractivity contribution in [1.82, 2.24) is 4.90 Å². The molecule has 1 saturated carbocycles. The molecule has 1 aliphatic carbocycles. The van der Waals surface area contributed by atoms with Gasteiger partial charge in [0.1, 0.15) is 0 Å². The average molecular weight is 256 g/mol. The van der Waals surface area contributed by atoms with Gasteiger partial charge in [0.05, 0.1) is 5.54 Å². The normalized spacial score (nSPS) is 27.8. The maximum absolute atomic E-state index is 12.5. The van der Waals surface area contributed by atoms with Crippen LogP contribution in [0.3, 0.4) is 0 Å². The topological polar surface area (TPSA) is 46.3 Å². The lowest BCUT2D eigenvalue weighted by atomic mass is 9.96. The van der Waals surface area contributed by atoms with E-state index in [1.54, 1.807) is 0 Å². The number of nitrogens with two attached hydrogens (primary N) is 1. The van der Waals surface area contributed by atoms with Crippen molar-refractivity contribution in [3.05, 3.63) is 0 Å². The molecule has 98 valence electrons. The Bertz CT molecular complexity index is 298. The third kappa shape index (κ3) is 2.97. The molecule has 0 bridgehead atoms. The van der Waals surface area contributed by atoms with Gasteiger partial charge in [-0.3, -0.25) is 4.79 Å². The van der Waals surface area contributed by atoms with Gasteiger partial charge in [0, 0.05) is 23.6 Å². The Hall–Kier alpha value is -0.220. The van der Waals surface area contributed by atoms with Gasteiger partial charge in [-0.25, -0.2) is 0 Å². The highest BCUT2D eigenvalue weighted by Gasteiger charge is 2.40. The van der Waals surface area contributed by atoms with Gasteiger partial charge in [-0.1, -0.05) is 26.7 Å². The lowest BCUT2D eigenvalue weighted by Crippen LogP contribution is -2.54. The highest BCUT2D eigenvalue weighted by Crippen LogP contribution is 2.33. The Morgan fingerprint density at radius 2 is 1.82 bits per heavy atom. The van der Waals surface area contributed by atoms with Gasteiger partial charge >= 0.3 is 0 Å². The predicted octanol–water partition coefficient (Wildman–Crippen LogP) is 2.00. The van der Waals surface area contributed by atoms with Gasteiger partial charge in [-0.15, -0.1) is 0 Å². The molecule has 0 spiro atoms. The molecule has 0 aromatic heterocycles. The first-order valence-electron chi connectivity index (χ1n) is 6.65. The van der Waals surface area contributed by atoms with E-state index < -0.39 is 5.54 Å². The molecule has 2 N–H and O–H groups in total. The van der Waals surface area contributed by atoms with Crippen molar-refractivity contribution >= 4 is 17.7 Å². The van der Waals surface area contributed by atoms with Crippen molar-refractivity contribution in [1.29, 1.82) is 0 Å². The summed E-state index contributed by atoms with van der Waals surface area (Å²) in [4.78, 5) is 14.5. The van der Waals surface area contributed by atoms with Gasteiger partial charge in [0.15, 0.2) is 0 Å². The van der Waals surface area contributed by atoms with Crippen LogP contribution in [0.2, 0.25) is 0 Å². The SMILES string of the molecule is CC1(C)CCN(C(=O)C2(N)CCCC2)CCS1. The second kappa shape index (κ2) is 4.81. The smallest absolute Gasteiger partial charge is 0.242 e. The first-order chi connectivity index (χ1) is 7.93. The molecule has 2 fully saturated rings. The molecule has 17 heavy (non-hydrogen) atoms. The Labute approximate surface area is 108 Å². The average Bonchev–Trinajstić information content (AvgIpc) is 2.62. The number of carbonyl (C=O) groups excluding carboxylic acids is 1. The van der Waals surface area contributed by atoms with Crippen molar-refractivity contribution in [2.24, 2.45) is 5.73 Å². The van der Waals surface area contributed by atoms with Gasteiger partial charge in [-0.2, -0.15) is 11.8 Å². The number of thioether (sulfide) groups is 1. The molecule has 0 radical (unpaired) electrons. The zero-order chi connectivity index (χ0) is 12.5. The van der Waals surface area contributed by atoms with E-state index in [9.17, 15) is 4.79 Å². The number of nitrogens with zero attached hydrogens (tertiary/aromatic N) is 1. The number of rotatable bonds is 1. The van der Waals surface area contributed by atoms with Gasteiger partial charge in [0.2, 0.25) is 5.91 Å². The van der Waals surface area contributed by atoms with Crippen LogP contribution in [0.1, 0.15) is 46.0 Å². The van der Waals surface area contributed by atoms with Gasteiger partial charge in [0.25, 0.3) is 0 Å². The summed E-state index contributed by atoms with van der Waals surface area (Å²) in [6, 6.07) is 0. The van der Waals surface area contributed by atoms with E-state index in [4.69, 9.17) is 5.73 Å². The minimum Gasteiger partial charge on any atom is -0.340 e. The van der Waals surface area contributed by atoms with Crippen LogP contribution in [0.15, 0.2) is 0 Å². The maximum atomic E-state index is 12.5. The fourth-order valence-electron chi connectivity index (χ4n) is 2.76. The Kier molecular flexibility index (Phi) is 3.74. The molecular weight excluding hydrogens is 232 g/mol. The van der Waals surface area contributed by atoms with E-state index in [2.05, 4.69) is 13.8 Å². The standard InChI is InChI=1S/C13H24N2OS/c1-12(2)7-8-15(9-10-17-12)11(16)13(14)5-3-4-6-13/h3-10,14H2,1-2H3. The molecule has 2 rings (SSSR count). The van der Waals surface area contributed by atoms with E-state index >= 15 is 0 Å². The lowest BCUT2D eigenvalue weighted by Gasteiger charge is -2.31. The number of amides is 1. The van der Waals surface area contributed by atoms with Crippen LogP contribution in [0, 0.1) is 0 Å². The summed E-state index contributed by atoms with van der Waals surface area (Å²) < 4.78 is 0.298. The second-order valence-corrected chi connectivity index (χ2v) is 7.82. The third-order valence-electron chi connectivity index (χ3n) is 4.05. The predicted molar refractivity (Wildman–Crippen MR) is 73.1 cm³/mol. The highest BCUT2D eigenvalue weighted by atomic mass is 32.2. The monoisotopic (exact) mass is 256 g/mol. The molecule has 1 heterocycles. The molecule has 4 heteroatoms. The van der Waals surface area contributed by atoms with Crippen LogP contribution in [0.5, 0.6) is 0 Å². The van der Waals surface area contributed by atoms with E-state index in [0.717, 1.165) is 50.9 Å². The Morgan fingerprint density at radius 3 is 2.47 bits per heavy atom. The van der Waals surface area contributed by atoms with E-state index in [0.29, 0.717) is 4.75 Å². The second-order valence-electron chi connectivity index (χ2n) is 6.01. The first kappa shape index (κ1) is 13.2. The minimum atomic E-state index is -0.543. The minimum absolute atomic E-state index is 0.202. The van der Waals surface area contributed by atoms with Crippen LogP contribution in [-0.4, -0.2) is 39.9 Å². The number of hydrogen-bond donors (Lipinski definition) is 1. The summed E-state index contributed by atoms with van der Waals surface area (Å²) >= 11 is 1.97. The van der Waals surface area contributed by atoms with Gasteiger partial charge < -0.3 is 10.6 Å². The summed E-state index contributed by atoms with van der Waals surface area (Å²) in [6.07, 6.45) is 5.03. The molecule has 3 nitrogen and oxygen atoms in total. The molecule has 1 aliphatic heterocycles. The van der Waals surface area contributed by atoms with Crippen LogP contribution in [-0.2, 0) is 4.79 Å². The highest BCUT2D eigenvalue weighted by molar-refractivity contribution is 8.00. The largest absolute Gasteiger partial charge is 0.340 e. The van der Waals surface area contributed by atoms with Crippen molar-refractivity contribution < 1.29 is 4.79 Å². The Morgan fingerprint density at radius 1 is 1.18 bits per heavy atom. The van der Waals surface area contributed by atoms with E-state index in [-0.39, 0.29) is 5.91 Å². The first-order valence-corrected chi connectivity index (χ1v) is 7.64. The Balaban J connectivity index is 2.00. The zero-order valence-electron chi connectivity index (χ0n) is 11.0. The molecule has 2 aliphatic rings. The number of carbonyl (C=O) groups is 1. The third-order valence-corrected chi connectivity index (χ3v) is 5.42. The van der Waals surface area contributed by atoms with Crippen LogP contribution >= 0.6 is 11.8 Å². The quantitative estimate of drug-likeness (QED) is 0.780. The molecule has 0 aromatic carbocycles. The lowest BCUT2D eigenvalue weighted by molar-refractivity contribution is -0.136. The molecular formula is C13H24N2OS. The molecule has 0 unspecified atom stereocenters. The molecule has 0 aromatic rings. The summed E-state index contributed by atoms with van der Waals surface area (Å²) in [5.74, 6) is 1.24. The van der Waals surface area contributed by atoms with Crippen molar-refractivity contribution in [3.8, 4) is 0 Å². The summed E-state index contributed by atoms with van der Waals surface area (Å²) in [5.41, 5.74) is 5.71. The fraction of sp³-hybridized carbons (Fsp3) is 0.923. The summed E-state index contributed by atoms with van der Waals surface area (Å²) in [6.45, 7) is 6.27. The van der Waals surface area contributed by atoms with Crippen molar-refractivity contribution in [2.45, 2.75) is 56.2 Å². The summed E-state index contributed by atoms with van der Waals surface area (Å²) in [7, 11) is 0. The van der Waals surface area contributed by atoms with Crippen LogP contribution < -0.4 is 5.73 Å². The fourth-order valence-corrected chi connectivity index (χ4v) is 3.86. The molecule has 1 amide bonds. The molecule has 1 saturated heterocycles. The van der Waals surface area contributed by atoms with Crippen LogP contribution in [0.25, 0.3) is 0 Å². The van der Waals surface area contributed by atoms with Crippen molar-refractivity contribution in [3.63, 3.8) is 0 Å². The maximum Gasteiger partial charge on any atom is 0.242 e. The summed E-state index contributed by atoms with van der Waals surface area (Å²) in [5, 5.41) is 0. The zero-order valence-corrected chi connectivity index (χ0v) is 11.8. The van der Waals surface area contributed by atoms with E-state index in [1.807, 2.05) is 16.7 Å². The number of hydrogen-bond acceptors (Lipinski definition) is 3. The molecule has 0 atom stereocenters. The van der Waals surface area contributed by atoms with E-state index in [1.165, 1.54) is 0 Å².